The minimum atomic E-state index is 0.411. The second-order valence-electron chi connectivity index (χ2n) is 4.52. The lowest BCUT2D eigenvalue weighted by Gasteiger charge is -2.11. The summed E-state index contributed by atoms with van der Waals surface area (Å²) in [6.07, 6.45) is 5.88. The number of fused-ring (bicyclic) bond motifs is 1. The molecule has 0 atom stereocenters. The molecule has 0 aliphatic rings. The highest BCUT2D eigenvalue weighted by atomic mass is 15.0. The molecule has 0 spiro atoms. The van der Waals surface area contributed by atoms with E-state index in [1.807, 2.05) is 12.4 Å². The molecule has 0 aliphatic carbocycles. The Kier molecular flexibility index (Phi) is 2.47. The molecule has 0 aromatic carbocycles. The van der Waals surface area contributed by atoms with Gasteiger partial charge in [0.05, 0.1) is 11.4 Å². The van der Waals surface area contributed by atoms with Crippen LogP contribution in [0.4, 0.5) is 0 Å². The predicted molar refractivity (Wildman–Crippen MR) is 61.2 cm³/mol. The molecule has 15 heavy (non-hydrogen) atoms. The van der Waals surface area contributed by atoms with Gasteiger partial charge in [0, 0.05) is 18.6 Å². The summed E-state index contributed by atoms with van der Waals surface area (Å²) < 4.78 is 2.07. The first-order valence-electron chi connectivity index (χ1n) is 5.43. The van der Waals surface area contributed by atoms with E-state index in [9.17, 15) is 0 Å². The van der Waals surface area contributed by atoms with Gasteiger partial charge < -0.3 is 4.40 Å². The number of hydrogen-bond acceptors (Lipinski definition) is 2. The first-order valence-corrected chi connectivity index (χ1v) is 5.43. The summed E-state index contributed by atoms with van der Waals surface area (Å²) in [5.41, 5.74) is 3.20. The van der Waals surface area contributed by atoms with Crippen LogP contribution in [0.5, 0.6) is 0 Å². The molecule has 0 bridgehead atoms. The third-order valence-electron chi connectivity index (χ3n) is 2.56. The second-order valence-corrected chi connectivity index (χ2v) is 4.52. The fourth-order valence-electron chi connectivity index (χ4n) is 1.64. The Hall–Kier alpha value is -1.38. The van der Waals surface area contributed by atoms with E-state index in [1.54, 1.807) is 0 Å². The van der Waals surface area contributed by atoms with Crippen molar-refractivity contribution in [3.8, 4) is 0 Å². The first-order chi connectivity index (χ1) is 7.09. The van der Waals surface area contributed by atoms with Gasteiger partial charge in [0.1, 0.15) is 0 Å². The summed E-state index contributed by atoms with van der Waals surface area (Å²) in [7, 11) is 0. The molecule has 0 saturated carbocycles. The van der Waals surface area contributed by atoms with Crippen LogP contribution < -0.4 is 0 Å². The Labute approximate surface area is 90.2 Å². The molecular weight excluding hydrogens is 186 g/mol. The lowest BCUT2D eigenvalue weighted by molar-refractivity contribution is 0.752. The van der Waals surface area contributed by atoms with E-state index >= 15 is 0 Å². The molecule has 2 rings (SSSR count). The van der Waals surface area contributed by atoms with Crippen LogP contribution >= 0.6 is 0 Å². The van der Waals surface area contributed by atoms with Crippen LogP contribution in [0.25, 0.3) is 5.65 Å². The number of hydrogen-bond donors (Lipinski definition) is 0. The van der Waals surface area contributed by atoms with E-state index in [0.717, 1.165) is 17.0 Å². The van der Waals surface area contributed by atoms with Gasteiger partial charge in [0.15, 0.2) is 5.65 Å². The zero-order chi connectivity index (χ0) is 11.0. The van der Waals surface area contributed by atoms with Crippen molar-refractivity contribution in [2.45, 2.75) is 39.5 Å². The molecular formula is C12H17N3. The molecule has 0 saturated heterocycles. The molecule has 0 amide bonds. The molecule has 3 nitrogen and oxygen atoms in total. The van der Waals surface area contributed by atoms with Gasteiger partial charge in [-0.05, 0) is 11.8 Å². The average Bonchev–Trinajstić information content (AvgIpc) is 2.62. The second kappa shape index (κ2) is 3.65. The van der Waals surface area contributed by atoms with Crippen LogP contribution in [0.15, 0.2) is 18.6 Å². The molecule has 3 heteroatoms. The zero-order valence-electron chi connectivity index (χ0n) is 9.73. The monoisotopic (exact) mass is 203 g/mol. The summed E-state index contributed by atoms with van der Waals surface area (Å²) >= 11 is 0. The molecule has 2 aromatic rings. The molecule has 0 unspecified atom stereocenters. The maximum Gasteiger partial charge on any atom is 0.158 e. The zero-order valence-corrected chi connectivity index (χ0v) is 9.73. The minimum absolute atomic E-state index is 0.411. The van der Waals surface area contributed by atoms with Crippen LogP contribution in [0.3, 0.4) is 0 Å². The normalized spacial score (nSPS) is 11.9. The number of nitrogens with zero attached hydrogens (tertiary/aromatic N) is 3. The van der Waals surface area contributed by atoms with Gasteiger partial charge in [-0.25, -0.2) is 4.98 Å². The fourth-order valence-corrected chi connectivity index (χ4v) is 1.64. The number of aromatic nitrogens is 3. The molecule has 0 fully saturated rings. The van der Waals surface area contributed by atoms with Crippen LogP contribution in [0.1, 0.15) is 50.9 Å². The Balaban J connectivity index is 2.69. The third kappa shape index (κ3) is 1.74. The van der Waals surface area contributed by atoms with Crippen molar-refractivity contribution in [3.63, 3.8) is 0 Å². The molecule has 2 aromatic heterocycles. The van der Waals surface area contributed by atoms with Crippen molar-refractivity contribution < 1.29 is 0 Å². The summed E-state index contributed by atoms with van der Waals surface area (Å²) in [5, 5.41) is 0. The SMILES string of the molecule is CC(C)c1cn2ccnc2c(C(C)C)n1. The summed E-state index contributed by atoms with van der Waals surface area (Å²) in [6, 6.07) is 0. The summed E-state index contributed by atoms with van der Waals surface area (Å²) in [6.45, 7) is 8.63. The van der Waals surface area contributed by atoms with Crippen molar-refractivity contribution in [2.24, 2.45) is 0 Å². The van der Waals surface area contributed by atoms with E-state index in [0.29, 0.717) is 11.8 Å². The maximum atomic E-state index is 4.69. The average molecular weight is 203 g/mol. The highest BCUT2D eigenvalue weighted by Gasteiger charge is 2.12. The van der Waals surface area contributed by atoms with Crippen molar-refractivity contribution in [1.82, 2.24) is 14.4 Å². The lowest BCUT2D eigenvalue weighted by atomic mass is 10.1. The minimum Gasteiger partial charge on any atom is -0.304 e. The molecule has 0 radical (unpaired) electrons. The van der Waals surface area contributed by atoms with Gasteiger partial charge in [-0.3, -0.25) is 4.98 Å². The lowest BCUT2D eigenvalue weighted by Crippen LogP contribution is -2.04. The summed E-state index contributed by atoms with van der Waals surface area (Å²) in [5.74, 6) is 0.864. The topological polar surface area (TPSA) is 30.2 Å². The predicted octanol–water partition coefficient (Wildman–Crippen LogP) is 2.98. The van der Waals surface area contributed by atoms with Crippen LogP contribution in [0.2, 0.25) is 0 Å². The van der Waals surface area contributed by atoms with E-state index in [-0.39, 0.29) is 0 Å². The van der Waals surface area contributed by atoms with Gasteiger partial charge >= 0.3 is 0 Å². The van der Waals surface area contributed by atoms with Crippen molar-refractivity contribution in [2.75, 3.05) is 0 Å². The van der Waals surface area contributed by atoms with Gasteiger partial charge in [-0.1, -0.05) is 27.7 Å². The maximum absolute atomic E-state index is 4.69. The largest absolute Gasteiger partial charge is 0.304 e. The van der Waals surface area contributed by atoms with E-state index in [2.05, 4.69) is 48.3 Å². The Morgan fingerprint density at radius 1 is 1.13 bits per heavy atom. The highest BCUT2D eigenvalue weighted by molar-refractivity contribution is 5.46. The highest BCUT2D eigenvalue weighted by Crippen LogP contribution is 2.20. The number of imidazole rings is 1. The molecule has 80 valence electrons. The number of rotatable bonds is 2. The van der Waals surface area contributed by atoms with E-state index in [4.69, 9.17) is 0 Å². The van der Waals surface area contributed by atoms with Crippen LogP contribution in [-0.4, -0.2) is 14.4 Å². The van der Waals surface area contributed by atoms with Gasteiger partial charge in [0.2, 0.25) is 0 Å². The van der Waals surface area contributed by atoms with Crippen LogP contribution in [0, 0.1) is 0 Å². The third-order valence-corrected chi connectivity index (χ3v) is 2.56. The fraction of sp³-hybridized carbons (Fsp3) is 0.500. The van der Waals surface area contributed by atoms with Gasteiger partial charge in [-0.2, -0.15) is 0 Å². The first kappa shape index (κ1) is 10.1. The Morgan fingerprint density at radius 2 is 1.87 bits per heavy atom. The Morgan fingerprint density at radius 3 is 2.47 bits per heavy atom. The molecule has 0 aliphatic heterocycles. The standard InChI is InChI=1S/C12H17N3/c1-8(2)10-7-15-6-5-13-12(15)11(14-10)9(3)4/h5-9H,1-4H3. The van der Waals surface area contributed by atoms with Gasteiger partial charge in [0.25, 0.3) is 0 Å². The van der Waals surface area contributed by atoms with Crippen molar-refractivity contribution in [1.29, 1.82) is 0 Å². The smallest absolute Gasteiger partial charge is 0.158 e. The van der Waals surface area contributed by atoms with Crippen molar-refractivity contribution >= 4 is 5.65 Å². The van der Waals surface area contributed by atoms with Crippen molar-refractivity contribution in [3.05, 3.63) is 30.0 Å². The van der Waals surface area contributed by atoms with Gasteiger partial charge in [-0.15, -0.1) is 0 Å². The quantitative estimate of drug-likeness (QED) is 0.751. The van der Waals surface area contributed by atoms with E-state index < -0.39 is 0 Å². The van der Waals surface area contributed by atoms with E-state index in [1.165, 1.54) is 0 Å². The molecule has 0 N–H and O–H groups in total. The Bertz CT molecular complexity index is 469. The molecule has 2 heterocycles. The van der Waals surface area contributed by atoms with Crippen LogP contribution in [-0.2, 0) is 0 Å². The summed E-state index contributed by atoms with van der Waals surface area (Å²) in [4.78, 5) is 9.03.